The van der Waals surface area contributed by atoms with Crippen molar-refractivity contribution in [2.75, 3.05) is 11.9 Å². The lowest BCUT2D eigenvalue weighted by atomic mass is 10.4. The van der Waals surface area contributed by atoms with Gasteiger partial charge in [0.05, 0.1) is 12.1 Å². The Morgan fingerprint density at radius 1 is 1.36 bits per heavy atom. The van der Waals surface area contributed by atoms with Crippen molar-refractivity contribution >= 4 is 16.5 Å². The zero-order valence-electron chi connectivity index (χ0n) is 7.90. The van der Waals surface area contributed by atoms with Gasteiger partial charge in [-0.2, -0.15) is 13.2 Å². The Morgan fingerprint density at radius 3 is 2.43 bits per heavy atom. The minimum Gasteiger partial charge on any atom is -0.361 e. The van der Waals surface area contributed by atoms with Gasteiger partial charge in [0.25, 0.3) is 0 Å². The highest BCUT2D eigenvalue weighted by Gasteiger charge is 2.26. The Hall–Kier alpha value is -0.780. The molecule has 0 fully saturated rings. The van der Waals surface area contributed by atoms with Crippen LogP contribution in [0.3, 0.4) is 0 Å². The fraction of sp³-hybridized carbons (Fsp3) is 0.625. The molecule has 0 amide bonds. The van der Waals surface area contributed by atoms with Crippen LogP contribution in [0.25, 0.3) is 0 Å². The third-order valence-electron chi connectivity index (χ3n) is 1.71. The molecule has 0 atom stereocenters. The molecule has 6 heteroatoms. The molecule has 0 bridgehead atoms. The maximum atomic E-state index is 11.8. The average Bonchev–Trinajstić information content (AvgIpc) is 2.28. The van der Waals surface area contributed by atoms with Gasteiger partial charge < -0.3 is 5.32 Å². The van der Waals surface area contributed by atoms with E-state index in [1.165, 1.54) is 11.3 Å². The van der Waals surface area contributed by atoms with Gasteiger partial charge in [-0.15, -0.1) is 11.3 Å². The molecular weight excluding hydrogens is 213 g/mol. The highest BCUT2D eigenvalue weighted by Crippen LogP contribution is 2.23. The third kappa shape index (κ3) is 3.53. The van der Waals surface area contributed by atoms with Gasteiger partial charge in [-0.3, -0.25) is 0 Å². The standard InChI is InChI=1S/C8H11F3N2S/c1-5-6(2)14-7(13-5)12-4-3-8(9,10)11/h3-4H2,1-2H3,(H,12,13). The van der Waals surface area contributed by atoms with Crippen LogP contribution in [-0.4, -0.2) is 17.7 Å². The molecule has 1 aromatic rings. The summed E-state index contributed by atoms with van der Waals surface area (Å²) in [6, 6.07) is 0. The van der Waals surface area contributed by atoms with Crippen molar-refractivity contribution in [2.24, 2.45) is 0 Å². The Balaban J connectivity index is 2.39. The summed E-state index contributed by atoms with van der Waals surface area (Å²) in [7, 11) is 0. The maximum absolute atomic E-state index is 11.8. The monoisotopic (exact) mass is 224 g/mol. The number of halogens is 3. The second-order valence-electron chi connectivity index (χ2n) is 2.95. The Labute approximate surface area is 84.2 Å². The molecule has 1 aromatic heterocycles. The van der Waals surface area contributed by atoms with E-state index in [0.29, 0.717) is 5.13 Å². The predicted molar refractivity (Wildman–Crippen MR) is 50.7 cm³/mol. The molecular formula is C8H11F3N2S. The zero-order chi connectivity index (χ0) is 10.8. The number of rotatable bonds is 3. The summed E-state index contributed by atoms with van der Waals surface area (Å²) in [6.45, 7) is 3.61. The molecule has 2 nitrogen and oxygen atoms in total. The Bertz CT molecular complexity index is 287. The van der Waals surface area contributed by atoms with E-state index >= 15 is 0 Å². The minimum absolute atomic E-state index is 0.115. The molecule has 0 saturated carbocycles. The predicted octanol–water partition coefficient (Wildman–Crippen LogP) is 3.12. The molecule has 0 aliphatic rings. The summed E-state index contributed by atoms with van der Waals surface area (Å²) >= 11 is 1.38. The largest absolute Gasteiger partial charge is 0.390 e. The Morgan fingerprint density at radius 2 is 2.00 bits per heavy atom. The number of alkyl halides is 3. The summed E-state index contributed by atoms with van der Waals surface area (Å²) in [5, 5.41) is 3.21. The number of aromatic nitrogens is 1. The SMILES string of the molecule is Cc1nc(NCCC(F)(F)F)sc1C. The van der Waals surface area contributed by atoms with E-state index < -0.39 is 12.6 Å². The van der Waals surface area contributed by atoms with E-state index in [4.69, 9.17) is 0 Å². The molecule has 0 saturated heterocycles. The van der Waals surface area contributed by atoms with Crippen LogP contribution in [0.5, 0.6) is 0 Å². The normalized spacial score (nSPS) is 11.8. The molecule has 0 aliphatic carbocycles. The summed E-state index contributed by atoms with van der Waals surface area (Å²) < 4.78 is 35.4. The smallest absolute Gasteiger partial charge is 0.361 e. The highest BCUT2D eigenvalue weighted by molar-refractivity contribution is 7.15. The molecule has 1 N–H and O–H groups in total. The number of thiazole rings is 1. The van der Waals surface area contributed by atoms with Crippen LogP contribution >= 0.6 is 11.3 Å². The highest BCUT2D eigenvalue weighted by atomic mass is 32.1. The minimum atomic E-state index is -4.10. The summed E-state index contributed by atoms with van der Waals surface area (Å²) in [4.78, 5) is 5.10. The first-order valence-corrected chi connectivity index (χ1v) is 4.95. The first kappa shape index (κ1) is 11.3. The molecule has 1 rings (SSSR count). The number of hydrogen-bond acceptors (Lipinski definition) is 3. The lowest BCUT2D eigenvalue weighted by molar-refractivity contribution is -0.131. The Kier molecular flexibility index (Phi) is 3.36. The van der Waals surface area contributed by atoms with Crippen molar-refractivity contribution in [3.8, 4) is 0 Å². The van der Waals surface area contributed by atoms with Crippen LogP contribution in [0, 0.1) is 13.8 Å². The lowest BCUT2D eigenvalue weighted by Gasteiger charge is -2.05. The fourth-order valence-electron chi connectivity index (χ4n) is 0.860. The number of nitrogens with zero attached hydrogens (tertiary/aromatic N) is 1. The third-order valence-corrected chi connectivity index (χ3v) is 2.74. The van der Waals surface area contributed by atoms with Crippen LogP contribution in [0.15, 0.2) is 0 Å². The first-order chi connectivity index (χ1) is 6.38. The van der Waals surface area contributed by atoms with Crippen molar-refractivity contribution in [3.63, 3.8) is 0 Å². The maximum Gasteiger partial charge on any atom is 0.390 e. The fourth-order valence-corrected chi connectivity index (χ4v) is 1.70. The molecule has 0 radical (unpaired) electrons. The number of anilines is 1. The molecule has 0 aromatic carbocycles. The van der Waals surface area contributed by atoms with Gasteiger partial charge in [0.15, 0.2) is 5.13 Å². The van der Waals surface area contributed by atoms with Gasteiger partial charge >= 0.3 is 6.18 Å². The quantitative estimate of drug-likeness (QED) is 0.853. The van der Waals surface area contributed by atoms with Gasteiger partial charge in [0, 0.05) is 11.4 Å². The van der Waals surface area contributed by atoms with Gasteiger partial charge in [-0.1, -0.05) is 0 Å². The number of nitrogens with one attached hydrogen (secondary N) is 1. The van der Waals surface area contributed by atoms with Crippen molar-refractivity contribution < 1.29 is 13.2 Å². The van der Waals surface area contributed by atoms with Crippen molar-refractivity contribution in [3.05, 3.63) is 10.6 Å². The topological polar surface area (TPSA) is 24.9 Å². The van der Waals surface area contributed by atoms with E-state index in [9.17, 15) is 13.2 Å². The van der Waals surface area contributed by atoms with Crippen LogP contribution in [0.1, 0.15) is 17.0 Å². The van der Waals surface area contributed by atoms with Crippen LogP contribution in [0.4, 0.5) is 18.3 Å². The molecule has 14 heavy (non-hydrogen) atoms. The molecule has 0 spiro atoms. The van der Waals surface area contributed by atoms with E-state index in [0.717, 1.165) is 10.6 Å². The van der Waals surface area contributed by atoms with E-state index in [1.807, 2.05) is 13.8 Å². The van der Waals surface area contributed by atoms with E-state index in [1.54, 1.807) is 0 Å². The van der Waals surface area contributed by atoms with E-state index in [2.05, 4.69) is 10.3 Å². The molecule has 0 unspecified atom stereocenters. The van der Waals surface area contributed by atoms with E-state index in [-0.39, 0.29) is 6.54 Å². The second-order valence-corrected chi connectivity index (χ2v) is 4.16. The van der Waals surface area contributed by atoms with Crippen LogP contribution in [0.2, 0.25) is 0 Å². The van der Waals surface area contributed by atoms with Crippen LogP contribution in [-0.2, 0) is 0 Å². The summed E-state index contributed by atoms with van der Waals surface area (Å²) in [6.07, 6.45) is -4.93. The molecule has 0 aliphatic heterocycles. The van der Waals surface area contributed by atoms with Gasteiger partial charge in [-0.25, -0.2) is 4.98 Å². The lowest BCUT2D eigenvalue weighted by Crippen LogP contribution is -2.14. The van der Waals surface area contributed by atoms with Crippen LogP contribution < -0.4 is 5.32 Å². The van der Waals surface area contributed by atoms with Gasteiger partial charge in [0.1, 0.15) is 0 Å². The zero-order valence-corrected chi connectivity index (χ0v) is 8.72. The molecule has 1 heterocycles. The summed E-state index contributed by atoms with van der Waals surface area (Å²) in [5.74, 6) is 0. The van der Waals surface area contributed by atoms with Crippen molar-refractivity contribution in [1.82, 2.24) is 4.98 Å². The number of aryl methyl sites for hydroxylation is 2. The van der Waals surface area contributed by atoms with Gasteiger partial charge in [0.2, 0.25) is 0 Å². The molecule has 80 valence electrons. The average molecular weight is 224 g/mol. The van der Waals surface area contributed by atoms with Gasteiger partial charge in [-0.05, 0) is 13.8 Å². The summed E-state index contributed by atoms with van der Waals surface area (Å²) in [5.41, 5.74) is 0.865. The second kappa shape index (κ2) is 4.16. The van der Waals surface area contributed by atoms with Crippen molar-refractivity contribution in [2.45, 2.75) is 26.4 Å². The van der Waals surface area contributed by atoms with Crippen molar-refractivity contribution in [1.29, 1.82) is 0 Å². The first-order valence-electron chi connectivity index (χ1n) is 4.13. The number of hydrogen-bond donors (Lipinski definition) is 1.